The topological polar surface area (TPSA) is 12.0 Å². The van der Waals surface area contributed by atoms with Crippen LogP contribution < -0.4 is 5.32 Å². The van der Waals surface area contributed by atoms with Gasteiger partial charge in [-0.3, -0.25) is 0 Å². The minimum Gasteiger partial charge on any atom is -0.313 e. The van der Waals surface area contributed by atoms with Crippen molar-refractivity contribution in [2.45, 2.75) is 44.8 Å². The number of alkyl halides is 3. The van der Waals surface area contributed by atoms with Crippen LogP contribution in [0.3, 0.4) is 0 Å². The molecule has 112 valence electrons. The van der Waals surface area contributed by atoms with E-state index < -0.39 is 12.1 Å². The second kappa shape index (κ2) is 6.17. The monoisotopic (exact) mass is 285 g/mol. The molecule has 0 aromatic heterocycles. The molecule has 1 aromatic rings. The molecular formula is C16H22F3N. The Morgan fingerprint density at radius 3 is 2.40 bits per heavy atom. The van der Waals surface area contributed by atoms with Crippen molar-refractivity contribution < 1.29 is 13.2 Å². The highest BCUT2D eigenvalue weighted by Crippen LogP contribution is 2.46. The second-order valence-electron chi connectivity index (χ2n) is 5.72. The Labute approximate surface area is 118 Å². The van der Waals surface area contributed by atoms with Gasteiger partial charge >= 0.3 is 6.18 Å². The van der Waals surface area contributed by atoms with E-state index in [0.717, 1.165) is 17.5 Å². The molecule has 1 aliphatic rings. The molecule has 1 saturated carbocycles. The summed E-state index contributed by atoms with van der Waals surface area (Å²) in [5.41, 5.74) is 2.05. The Hall–Kier alpha value is -1.03. The molecule has 1 aromatic carbocycles. The quantitative estimate of drug-likeness (QED) is 0.854. The first kappa shape index (κ1) is 15.4. The summed E-state index contributed by atoms with van der Waals surface area (Å²) < 4.78 is 39.8. The number of halogens is 3. The molecule has 1 aliphatic carbocycles. The number of nitrogens with one attached hydrogen (secondary N) is 1. The summed E-state index contributed by atoms with van der Waals surface area (Å²) in [5.74, 6) is -1.55. The highest BCUT2D eigenvalue weighted by molar-refractivity contribution is 5.29. The van der Waals surface area contributed by atoms with Gasteiger partial charge in [-0.25, -0.2) is 0 Å². The highest BCUT2D eigenvalue weighted by Gasteiger charge is 2.47. The Morgan fingerprint density at radius 2 is 1.80 bits per heavy atom. The molecular weight excluding hydrogens is 263 g/mol. The number of hydrogen-bond donors (Lipinski definition) is 1. The molecule has 4 heteroatoms. The van der Waals surface area contributed by atoms with Crippen LogP contribution in [0.1, 0.15) is 42.9 Å². The van der Waals surface area contributed by atoms with Crippen LogP contribution in [0.4, 0.5) is 13.2 Å². The van der Waals surface area contributed by atoms with Crippen LogP contribution in [0.5, 0.6) is 0 Å². The zero-order chi connectivity index (χ0) is 14.8. The molecule has 0 spiro atoms. The summed E-state index contributed by atoms with van der Waals surface area (Å²) >= 11 is 0. The normalized spacial score (nSPS) is 25.4. The maximum absolute atomic E-state index is 13.3. The van der Waals surface area contributed by atoms with E-state index in [-0.39, 0.29) is 18.4 Å². The van der Waals surface area contributed by atoms with Crippen molar-refractivity contribution in [3.8, 4) is 0 Å². The Kier molecular flexibility index (Phi) is 4.74. The molecule has 0 radical (unpaired) electrons. The predicted octanol–water partition coefficient (Wildman–Crippen LogP) is 4.62. The molecule has 0 saturated heterocycles. The van der Waals surface area contributed by atoms with Gasteiger partial charge < -0.3 is 5.32 Å². The molecule has 2 rings (SSSR count). The third-order valence-electron chi connectivity index (χ3n) is 4.50. The molecule has 1 N–H and O–H groups in total. The smallest absolute Gasteiger partial charge is 0.313 e. The van der Waals surface area contributed by atoms with Crippen molar-refractivity contribution in [3.05, 3.63) is 35.4 Å². The minimum atomic E-state index is -4.09. The maximum Gasteiger partial charge on any atom is 0.392 e. The summed E-state index contributed by atoms with van der Waals surface area (Å²) in [6.07, 6.45) is -1.61. The standard InChI is InChI=1S/C16H22F3N/c1-11-7-3-4-8-12(11)15(20-2)13-9-5-6-10-14(13)16(17,18)19/h3-4,7-8,13-15,20H,5-6,9-10H2,1-2H3. The lowest BCUT2D eigenvalue weighted by Crippen LogP contribution is -2.40. The van der Waals surface area contributed by atoms with Crippen LogP contribution >= 0.6 is 0 Å². The fourth-order valence-corrected chi connectivity index (χ4v) is 3.50. The van der Waals surface area contributed by atoms with E-state index in [1.54, 1.807) is 7.05 Å². The molecule has 0 aliphatic heterocycles. The van der Waals surface area contributed by atoms with Crippen LogP contribution in [0.25, 0.3) is 0 Å². The summed E-state index contributed by atoms with van der Waals surface area (Å²) in [6, 6.07) is 7.51. The van der Waals surface area contributed by atoms with Crippen LogP contribution in [0.15, 0.2) is 24.3 Å². The fourth-order valence-electron chi connectivity index (χ4n) is 3.50. The summed E-state index contributed by atoms with van der Waals surface area (Å²) in [5, 5.41) is 3.13. The minimum absolute atomic E-state index is 0.219. The van der Waals surface area contributed by atoms with Gasteiger partial charge in [0.1, 0.15) is 0 Å². The summed E-state index contributed by atoms with van der Waals surface area (Å²) in [7, 11) is 1.76. The van der Waals surface area contributed by atoms with E-state index >= 15 is 0 Å². The third-order valence-corrected chi connectivity index (χ3v) is 4.50. The number of benzene rings is 1. The van der Waals surface area contributed by atoms with Crippen LogP contribution in [-0.4, -0.2) is 13.2 Å². The highest BCUT2D eigenvalue weighted by atomic mass is 19.4. The van der Waals surface area contributed by atoms with Crippen molar-refractivity contribution in [1.29, 1.82) is 0 Å². The van der Waals surface area contributed by atoms with Gasteiger partial charge in [0.15, 0.2) is 0 Å². The van der Waals surface area contributed by atoms with E-state index in [1.807, 2.05) is 31.2 Å². The molecule has 20 heavy (non-hydrogen) atoms. The van der Waals surface area contributed by atoms with Crippen molar-refractivity contribution in [1.82, 2.24) is 5.32 Å². The molecule has 1 nitrogen and oxygen atoms in total. The van der Waals surface area contributed by atoms with E-state index in [0.29, 0.717) is 12.8 Å². The van der Waals surface area contributed by atoms with Gasteiger partial charge in [-0.1, -0.05) is 37.1 Å². The largest absolute Gasteiger partial charge is 0.392 e. The van der Waals surface area contributed by atoms with Gasteiger partial charge in [0.05, 0.1) is 5.92 Å². The second-order valence-corrected chi connectivity index (χ2v) is 5.72. The van der Waals surface area contributed by atoms with Gasteiger partial charge in [0, 0.05) is 6.04 Å². The maximum atomic E-state index is 13.3. The van der Waals surface area contributed by atoms with Crippen molar-refractivity contribution in [3.63, 3.8) is 0 Å². The van der Waals surface area contributed by atoms with Crippen molar-refractivity contribution in [2.75, 3.05) is 7.05 Å². The van der Waals surface area contributed by atoms with E-state index in [2.05, 4.69) is 5.32 Å². The molecule has 1 fully saturated rings. The zero-order valence-corrected chi connectivity index (χ0v) is 12.0. The van der Waals surface area contributed by atoms with E-state index in [4.69, 9.17) is 0 Å². The van der Waals surface area contributed by atoms with Gasteiger partial charge in [-0.2, -0.15) is 13.2 Å². The summed E-state index contributed by atoms with van der Waals surface area (Å²) in [4.78, 5) is 0. The Morgan fingerprint density at radius 1 is 1.15 bits per heavy atom. The molecule has 0 amide bonds. The molecule has 3 atom stereocenters. The molecule has 0 bridgehead atoms. The predicted molar refractivity (Wildman–Crippen MR) is 74.5 cm³/mol. The SMILES string of the molecule is CNC(c1ccccc1C)C1CCCCC1C(F)(F)F. The average molecular weight is 285 g/mol. The lowest BCUT2D eigenvalue weighted by Gasteiger charge is -2.38. The first-order valence-corrected chi connectivity index (χ1v) is 7.24. The molecule has 0 heterocycles. The van der Waals surface area contributed by atoms with Gasteiger partial charge in [0.2, 0.25) is 0 Å². The van der Waals surface area contributed by atoms with E-state index in [1.165, 1.54) is 0 Å². The Balaban J connectivity index is 2.32. The molecule has 3 unspecified atom stereocenters. The van der Waals surface area contributed by atoms with E-state index in [9.17, 15) is 13.2 Å². The van der Waals surface area contributed by atoms with Gasteiger partial charge in [-0.15, -0.1) is 0 Å². The number of rotatable bonds is 3. The van der Waals surface area contributed by atoms with Crippen LogP contribution in [0, 0.1) is 18.8 Å². The van der Waals surface area contributed by atoms with Crippen LogP contribution in [0.2, 0.25) is 0 Å². The lowest BCUT2D eigenvalue weighted by atomic mass is 9.72. The fraction of sp³-hybridized carbons (Fsp3) is 0.625. The number of hydrogen-bond acceptors (Lipinski definition) is 1. The average Bonchev–Trinajstić information content (AvgIpc) is 2.41. The first-order chi connectivity index (χ1) is 9.45. The van der Waals surface area contributed by atoms with Gasteiger partial charge in [-0.05, 0) is 43.9 Å². The third kappa shape index (κ3) is 3.17. The number of aryl methyl sites for hydroxylation is 1. The Bertz CT molecular complexity index is 442. The first-order valence-electron chi connectivity index (χ1n) is 7.24. The summed E-state index contributed by atoms with van der Waals surface area (Å²) in [6.45, 7) is 1.96. The van der Waals surface area contributed by atoms with Crippen molar-refractivity contribution in [2.24, 2.45) is 11.8 Å². The van der Waals surface area contributed by atoms with Crippen molar-refractivity contribution >= 4 is 0 Å². The zero-order valence-electron chi connectivity index (χ0n) is 12.0. The lowest BCUT2D eigenvalue weighted by molar-refractivity contribution is -0.199. The van der Waals surface area contributed by atoms with Crippen LogP contribution in [-0.2, 0) is 0 Å². The van der Waals surface area contributed by atoms with Gasteiger partial charge in [0.25, 0.3) is 0 Å².